The second-order valence-electron chi connectivity index (χ2n) is 5.73. The van der Waals surface area contributed by atoms with Gasteiger partial charge in [-0.15, -0.1) is 0 Å². The minimum Gasteiger partial charge on any atom is -0.373 e. The van der Waals surface area contributed by atoms with Gasteiger partial charge in [0.05, 0.1) is 31.0 Å². The molecule has 0 aromatic carbocycles. The van der Waals surface area contributed by atoms with Crippen LogP contribution in [0.25, 0.3) is 0 Å². The molecule has 2 aliphatic rings. The molecular weight excluding hydrogens is 313 g/mol. The first kappa shape index (κ1) is 16.2. The molecule has 1 saturated heterocycles. The number of aromatic nitrogens is 1. The molecule has 1 amide bonds. The largest absolute Gasteiger partial charge is 0.433 e. The van der Waals surface area contributed by atoms with E-state index in [1.807, 2.05) is 0 Å². The number of nitrogens with zero attached hydrogens (tertiary/aromatic N) is 1. The summed E-state index contributed by atoms with van der Waals surface area (Å²) in [5, 5.41) is 2.83. The Bertz CT molecular complexity index is 562. The van der Waals surface area contributed by atoms with Crippen LogP contribution in [0.2, 0.25) is 0 Å². The van der Waals surface area contributed by atoms with Crippen molar-refractivity contribution in [3.63, 3.8) is 0 Å². The zero-order valence-electron chi connectivity index (χ0n) is 12.3. The first-order valence-electron chi connectivity index (χ1n) is 7.51. The highest BCUT2D eigenvalue weighted by molar-refractivity contribution is 5.94. The summed E-state index contributed by atoms with van der Waals surface area (Å²) >= 11 is 0. The third kappa shape index (κ3) is 3.81. The summed E-state index contributed by atoms with van der Waals surface area (Å²) in [6, 6.07) is 1.87. The van der Waals surface area contributed by atoms with Crippen LogP contribution in [0, 0.1) is 0 Å². The highest BCUT2D eigenvalue weighted by Crippen LogP contribution is 2.28. The molecule has 3 rings (SSSR count). The minimum absolute atomic E-state index is 0.0338. The molecule has 23 heavy (non-hydrogen) atoms. The van der Waals surface area contributed by atoms with E-state index in [2.05, 4.69) is 10.3 Å². The van der Waals surface area contributed by atoms with E-state index in [0.717, 1.165) is 31.2 Å². The number of fused-ring (bicyclic) bond motifs is 1. The van der Waals surface area contributed by atoms with E-state index < -0.39 is 17.8 Å². The highest BCUT2D eigenvalue weighted by atomic mass is 19.4. The van der Waals surface area contributed by atoms with Gasteiger partial charge in [-0.1, -0.05) is 0 Å². The Morgan fingerprint density at radius 2 is 1.91 bits per heavy atom. The fourth-order valence-corrected chi connectivity index (χ4v) is 2.96. The topological polar surface area (TPSA) is 60.5 Å². The average Bonchev–Trinajstić information content (AvgIpc) is 2.54. The molecule has 0 spiro atoms. The Morgan fingerprint density at radius 1 is 1.17 bits per heavy atom. The van der Waals surface area contributed by atoms with E-state index in [4.69, 9.17) is 9.47 Å². The molecule has 126 valence electrons. The normalized spacial score (nSPS) is 28.0. The molecule has 3 unspecified atom stereocenters. The zero-order valence-corrected chi connectivity index (χ0v) is 12.3. The highest BCUT2D eigenvalue weighted by Gasteiger charge is 2.35. The Labute approximate surface area is 131 Å². The lowest BCUT2D eigenvalue weighted by molar-refractivity contribution is -0.157. The van der Waals surface area contributed by atoms with E-state index in [1.54, 1.807) is 0 Å². The number of pyridine rings is 1. The summed E-state index contributed by atoms with van der Waals surface area (Å²) in [4.78, 5) is 15.4. The maximum atomic E-state index is 12.5. The summed E-state index contributed by atoms with van der Waals surface area (Å²) in [5.41, 5.74) is -0.900. The van der Waals surface area contributed by atoms with E-state index in [-0.39, 0.29) is 23.8 Å². The van der Waals surface area contributed by atoms with Crippen molar-refractivity contribution in [2.45, 2.75) is 43.7 Å². The molecule has 1 N–H and O–H groups in total. The van der Waals surface area contributed by atoms with Gasteiger partial charge in [0.25, 0.3) is 5.91 Å². The maximum Gasteiger partial charge on any atom is 0.433 e. The van der Waals surface area contributed by atoms with E-state index >= 15 is 0 Å². The van der Waals surface area contributed by atoms with E-state index in [0.29, 0.717) is 19.6 Å². The van der Waals surface area contributed by atoms with Gasteiger partial charge in [0.15, 0.2) is 0 Å². The number of nitrogens with one attached hydrogen (secondary N) is 1. The fraction of sp³-hybridized carbons (Fsp3) is 0.600. The SMILES string of the molecule is O=C(NC1CCC2OCCOC2C1)c1ccc(C(F)(F)F)nc1. The standard InChI is InChI=1S/C15H17F3N2O3/c16-15(17,18)13-4-1-9(8-19-13)14(21)20-10-2-3-11-12(7-10)23-6-5-22-11/h1,4,8,10-12H,2-3,5-7H2,(H,20,21). The van der Waals surface area contributed by atoms with Gasteiger partial charge in [-0.05, 0) is 31.4 Å². The van der Waals surface area contributed by atoms with Crippen LogP contribution in [-0.4, -0.2) is 42.4 Å². The van der Waals surface area contributed by atoms with Gasteiger partial charge >= 0.3 is 6.18 Å². The van der Waals surface area contributed by atoms with Gasteiger partial charge in [0.2, 0.25) is 0 Å². The van der Waals surface area contributed by atoms with Crippen molar-refractivity contribution in [3.8, 4) is 0 Å². The smallest absolute Gasteiger partial charge is 0.373 e. The van der Waals surface area contributed by atoms with Crippen molar-refractivity contribution in [2.75, 3.05) is 13.2 Å². The van der Waals surface area contributed by atoms with Crippen molar-refractivity contribution in [3.05, 3.63) is 29.6 Å². The molecule has 1 aromatic heterocycles. The van der Waals surface area contributed by atoms with Gasteiger partial charge in [-0.2, -0.15) is 13.2 Å². The monoisotopic (exact) mass is 330 g/mol. The Morgan fingerprint density at radius 3 is 2.57 bits per heavy atom. The molecule has 3 atom stereocenters. The second-order valence-corrected chi connectivity index (χ2v) is 5.73. The number of carbonyl (C=O) groups excluding carboxylic acids is 1. The predicted molar refractivity (Wildman–Crippen MR) is 73.8 cm³/mol. The third-order valence-electron chi connectivity index (χ3n) is 4.13. The molecule has 2 heterocycles. The first-order valence-corrected chi connectivity index (χ1v) is 7.51. The summed E-state index contributed by atoms with van der Waals surface area (Å²) < 4.78 is 48.6. The van der Waals surface area contributed by atoms with Crippen LogP contribution in [0.1, 0.15) is 35.3 Å². The second kappa shape index (κ2) is 6.45. The predicted octanol–water partition coefficient (Wildman–Crippen LogP) is 2.17. The van der Waals surface area contributed by atoms with E-state index in [9.17, 15) is 18.0 Å². The van der Waals surface area contributed by atoms with Crippen LogP contribution < -0.4 is 5.32 Å². The Balaban J connectivity index is 1.58. The third-order valence-corrected chi connectivity index (χ3v) is 4.13. The lowest BCUT2D eigenvalue weighted by Gasteiger charge is -2.39. The quantitative estimate of drug-likeness (QED) is 0.903. The Hall–Kier alpha value is -1.67. The molecule has 8 heteroatoms. The van der Waals surface area contributed by atoms with Crippen LogP contribution in [0.15, 0.2) is 18.3 Å². The number of hydrogen-bond acceptors (Lipinski definition) is 4. The summed E-state index contributed by atoms with van der Waals surface area (Å²) in [6.07, 6.45) is -1.33. The number of ether oxygens (including phenoxy) is 2. The summed E-state index contributed by atoms with van der Waals surface area (Å²) in [7, 11) is 0. The van der Waals surface area contributed by atoms with Crippen LogP contribution in [-0.2, 0) is 15.7 Å². The van der Waals surface area contributed by atoms with Crippen molar-refractivity contribution in [1.29, 1.82) is 0 Å². The molecule has 5 nitrogen and oxygen atoms in total. The van der Waals surface area contributed by atoms with Crippen molar-refractivity contribution in [1.82, 2.24) is 10.3 Å². The first-order chi connectivity index (χ1) is 10.9. The number of rotatable bonds is 2. The maximum absolute atomic E-state index is 12.5. The number of carbonyl (C=O) groups is 1. The number of amides is 1. The molecule has 2 fully saturated rings. The number of halogens is 3. The minimum atomic E-state index is -4.51. The van der Waals surface area contributed by atoms with Crippen molar-refractivity contribution < 1.29 is 27.4 Å². The molecule has 1 aliphatic carbocycles. The lowest BCUT2D eigenvalue weighted by atomic mass is 9.89. The number of hydrogen-bond donors (Lipinski definition) is 1. The van der Waals surface area contributed by atoms with Crippen LogP contribution in [0.5, 0.6) is 0 Å². The molecule has 1 aliphatic heterocycles. The molecule has 1 saturated carbocycles. The summed E-state index contributed by atoms with van der Waals surface area (Å²) in [6.45, 7) is 1.14. The van der Waals surface area contributed by atoms with Crippen LogP contribution in [0.3, 0.4) is 0 Å². The lowest BCUT2D eigenvalue weighted by Crippen LogP contribution is -2.49. The van der Waals surface area contributed by atoms with Gasteiger partial charge in [0, 0.05) is 12.2 Å². The van der Waals surface area contributed by atoms with Gasteiger partial charge in [-0.3, -0.25) is 9.78 Å². The van der Waals surface area contributed by atoms with Crippen LogP contribution in [0.4, 0.5) is 13.2 Å². The molecular formula is C15H17F3N2O3. The molecule has 1 aromatic rings. The zero-order chi connectivity index (χ0) is 16.4. The fourth-order valence-electron chi connectivity index (χ4n) is 2.96. The molecule has 0 radical (unpaired) electrons. The van der Waals surface area contributed by atoms with E-state index in [1.165, 1.54) is 0 Å². The summed E-state index contributed by atoms with van der Waals surface area (Å²) in [5.74, 6) is -0.425. The van der Waals surface area contributed by atoms with Crippen molar-refractivity contribution in [2.24, 2.45) is 0 Å². The van der Waals surface area contributed by atoms with Gasteiger partial charge < -0.3 is 14.8 Å². The number of alkyl halides is 3. The Kier molecular flexibility index (Phi) is 4.54. The van der Waals surface area contributed by atoms with Crippen LogP contribution >= 0.6 is 0 Å². The molecule has 0 bridgehead atoms. The average molecular weight is 330 g/mol. The van der Waals surface area contributed by atoms with Gasteiger partial charge in [-0.25, -0.2) is 0 Å². The van der Waals surface area contributed by atoms with Gasteiger partial charge in [0.1, 0.15) is 5.69 Å². The van der Waals surface area contributed by atoms with Crippen molar-refractivity contribution >= 4 is 5.91 Å².